The van der Waals surface area contributed by atoms with E-state index in [2.05, 4.69) is 11.4 Å². The Balaban J connectivity index is 0.000000360. The monoisotopic (exact) mass is 117 g/mol. The van der Waals surface area contributed by atoms with Gasteiger partial charge < -0.3 is 5.32 Å². The van der Waals surface area contributed by atoms with Gasteiger partial charge in [-0.3, -0.25) is 0 Å². The van der Waals surface area contributed by atoms with Crippen LogP contribution in [0.4, 0.5) is 0 Å². The molecule has 0 fully saturated rings. The number of hydrogen-bond acceptors (Lipinski definition) is 1. The van der Waals surface area contributed by atoms with Crippen molar-refractivity contribution in [2.75, 3.05) is 6.54 Å². The summed E-state index contributed by atoms with van der Waals surface area (Å²) in [6, 6.07) is 0. The number of allylic oxidation sites excluding steroid dienone is 2. The molecule has 0 amide bonds. The van der Waals surface area contributed by atoms with Gasteiger partial charge in [-0.05, 0) is 12.3 Å². The summed E-state index contributed by atoms with van der Waals surface area (Å²) in [6.45, 7) is 0.983. The second-order valence-electron chi connectivity index (χ2n) is 1.20. The van der Waals surface area contributed by atoms with Crippen LogP contribution < -0.4 is 5.32 Å². The Morgan fingerprint density at radius 3 is 2.29 bits per heavy atom. The van der Waals surface area contributed by atoms with Crippen LogP contribution in [0.2, 0.25) is 0 Å². The molecule has 1 aliphatic heterocycles. The van der Waals surface area contributed by atoms with Crippen molar-refractivity contribution in [3.05, 3.63) is 24.4 Å². The fourth-order valence-electron chi connectivity index (χ4n) is 0.406. The zero-order chi connectivity index (χ0) is 4.24. The third-order valence-corrected chi connectivity index (χ3v) is 0.697. The average Bonchev–Trinajstić information content (AvgIpc) is 1.72. The second kappa shape index (κ2) is 3.75. The fourth-order valence-corrected chi connectivity index (χ4v) is 0.406. The molecule has 1 N–H and O–H groups in total. The molecule has 0 unspecified atom stereocenters. The molecular formula is C5H8ClN. The van der Waals surface area contributed by atoms with Crippen molar-refractivity contribution in [3.63, 3.8) is 0 Å². The third kappa shape index (κ3) is 2.29. The van der Waals surface area contributed by atoms with Gasteiger partial charge in [-0.25, -0.2) is 0 Å². The van der Waals surface area contributed by atoms with Gasteiger partial charge >= 0.3 is 0 Å². The fraction of sp³-hybridized carbons (Fsp3) is 0.200. The maximum absolute atomic E-state index is 3.02. The molecule has 0 atom stereocenters. The van der Waals surface area contributed by atoms with E-state index in [4.69, 9.17) is 0 Å². The van der Waals surface area contributed by atoms with Crippen LogP contribution in [0.25, 0.3) is 0 Å². The molecule has 0 aliphatic carbocycles. The number of rotatable bonds is 0. The first-order chi connectivity index (χ1) is 3.00. The van der Waals surface area contributed by atoms with Gasteiger partial charge in [0.1, 0.15) is 0 Å². The SMILES string of the molecule is C1=CCNC=C1.Cl. The third-order valence-electron chi connectivity index (χ3n) is 0.697. The van der Waals surface area contributed by atoms with Crippen LogP contribution in [0, 0.1) is 0 Å². The minimum absolute atomic E-state index is 0. The lowest BCUT2D eigenvalue weighted by atomic mass is 10.4. The molecule has 1 aliphatic rings. The Hall–Kier alpha value is -0.430. The zero-order valence-corrected chi connectivity index (χ0v) is 4.74. The van der Waals surface area contributed by atoms with Gasteiger partial charge in [0.15, 0.2) is 0 Å². The summed E-state index contributed by atoms with van der Waals surface area (Å²) in [5.41, 5.74) is 0. The van der Waals surface area contributed by atoms with E-state index in [0.717, 1.165) is 6.54 Å². The molecule has 0 spiro atoms. The lowest BCUT2D eigenvalue weighted by molar-refractivity contribution is 0.972. The van der Waals surface area contributed by atoms with Crippen LogP contribution >= 0.6 is 12.4 Å². The van der Waals surface area contributed by atoms with Gasteiger partial charge in [-0.2, -0.15) is 0 Å². The molecule has 40 valence electrons. The Labute approximate surface area is 49.5 Å². The predicted octanol–water partition coefficient (Wildman–Crippen LogP) is 1.08. The molecule has 2 heteroatoms. The number of nitrogens with one attached hydrogen (secondary N) is 1. The highest BCUT2D eigenvalue weighted by Gasteiger charge is 1.73. The van der Waals surface area contributed by atoms with Crippen LogP contribution in [-0.2, 0) is 0 Å². The average molecular weight is 118 g/mol. The maximum Gasteiger partial charge on any atom is 0.0328 e. The van der Waals surface area contributed by atoms with Crippen molar-refractivity contribution in [1.82, 2.24) is 5.32 Å². The molecule has 0 aromatic carbocycles. The van der Waals surface area contributed by atoms with E-state index in [1.54, 1.807) is 0 Å². The summed E-state index contributed by atoms with van der Waals surface area (Å²) < 4.78 is 0. The van der Waals surface area contributed by atoms with Crippen LogP contribution in [-0.4, -0.2) is 6.54 Å². The maximum atomic E-state index is 3.02. The van der Waals surface area contributed by atoms with Crippen molar-refractivity contribution >= 4 is 12.4 Å². The first-order valence-corrected chi connectivity index (χ1v) is 2.05. The van der Waals surface area contributed by atoms with E-state index in [1.165, 1.54) is 0 Å². The molecular weight excluding hydrogens is 110 g/mol. The highest BCUT2D eigenvalue weighted by Crippen LogP contribution is 1.78. The van der Waals surface area contributed by atoms with Crippen LogP contribution in [0.5, 0.6) is 0 Å². The van der Waals surface area contributed by atoms with E-state index >= 15 is 0 Å². The molecule has 0 saturated carbocycles. The molecule has 0 aromatic heterocycles. The van der Waals surface area contributed by atoms with E-state index in [0.29, 0.717) is 0 Å². The summed E-state index contributed by atoms with van der Waals surface area (Å²) in [7, 11) is 0. The van der Waals surface area contributed by atoms with Crippen molar-refractivity contribution in [3.8, 4) is 0 Å². The Kier molecular flexibility index (Phi) is 3.52. The Bertz CT molecular complexity index is 74.1. The summed E-state index contributed by atoms with van der Waals surface area (Å²) in [5, 5.41) is 3.02. The summed E-state index contributed by atoms with van der Waals surface area (Å²) in [5.74, 6) is 0. The number of halogens is 1. The van der Waals surface area contributed by atoms with Crippen molar-refractivity contribution in [1.29, 1.82) is 0 Å². The lowest BCUT2D eigenvalue weighted by Gasteiger charge is -1.94. The van der Waals surface area contributed by atoms with Crippen LogP contribution in [0.15, 0.2) is 24.4 Å². The predicted molar refractivity (Wildman–Crippen MR) is 33.5 cm³/mol. The zero-order valence-electron chi connectivity index (χ0n) is 3.92. The quantitative estimate of drug-likeness (QED) is 0.501. The van der Waals surface area contributed by atoms with Crippen LogP contribution in [0.3, 0.4) is 0 Å². The molecule has 7 heavy (non-hydrogen) atoms. The number of hydrogen-bond donors (Lipinski definition) is 1. The largest absolute Gasteiger partial charge is 0.387 e. The van der Waals surface area contributed by atoms with Crippen molar-refractivity contribution in [2.45, 2.75) is 0 Å². The van der Waals surface area contributed by atoms with Gasteiger partial charge in [0.05, 0.1) is 0 Å². The van der Waals surface area contributed by atoms with Gasteiger partial charge in [0.2, 0.25) is 0 Å². The topological polar surface area (TPSA) is 12.0 Å². The minimum Gasteiger partial charge on any atom is -0.387 e. The summed E-state index contributed by atoms with van der Waals surface area (Å²) >= 11 is 0. The summed E-state index contributed by atoms with van der Waals surface area (Å²) in [6.07, 6.45) is 8.00. The van der Waals surface area contributed by atoms with Gasteiger partial charge in [0.25, 0.3) is 0 Å². The van der Waals surface area contributed by atoms with Gasteiger partial charge in [0, 0.05) is 6.54 Å². The van der Waals surface area contributed by atoms with E-state index in [-0.39, 0.29) is 12.4 Å². The molecule has 0 radical (unpaired) electrons. The number of dihydropyridines is 1. The van der Waals surface area contributed by atoms with Crippen LogP contribution in [0.1, 0.15) is 0 Å². The van der Waals surface area contributed by atoms with Crippen molar-refractivity contribution < 1.29 is 0 Å². The molecule has 1 rings (SSSR count). The van der Waals surface area contributed by atoms with Gasteiger partial charge in [-0.15, -0.1) is 12.4 Å². The Morgan fingerprint density at radius 2 is 2.14 bits per heavy atom. The van der Waals surface area contributed by atoms with E-state index in [1.807, 2.05) is 18.4 Å². The van der Waals surface area contributed by atoms with Crippen molar-refractivity contribution in [2.24, 2.45) is 0 Å². The smallest absolute Gasteiger partial charge is 0.0328 e. The molecule has 1 nitrogen and oxygen atoms in total. The molecule has 0 aromatic rings. The molecule has 0 saturated heterocycles. The van der Waals surface area contributed by atoms with E-state index < -0.39 is 0 Å². The molecule has 0 bridgehead atoms. The second-order valence-corrected chi connectivity index (χ2v) is 1.20. The standard InChI is InChI=1S/C5H7N.ClH/c1-2-4-6-5-3-1;/h1-4,6H,5H2;1H. The molecule has 1 heterocycles. The lowest BCUT2D eigenvalue weighted by Crippen LogP contribution is -2.05. The first-order valence-electron chi connectivity index (χ1n) is 2.05. The highest BCUT2D eigenvalue weighted by molar-refractivity contribution is 5.85. The minimum atomic E-state index is 0. The van der Waals surface area contributed by atoms with Gasteiger partial charge in [-0.1, -0.05) is 12.2 Å². The first kappa shape index (κ1) is 6.57. The highest BCUT2D eigenvalue weighted by atomic mass is 35.5. The Morgan fingerprint density at radius 1 is 1.29 bits per heavy atom. The normalized spacial score (nSPS) is 14.9. The van der Waals surface area contributed by atoms with E-state index in [9.17, 15) is 0 Å². The summed E-state index contributed by atoms with van der Waals surface area (Å²) in [4.78, 5) is 0.